The third-order valence-corrected chi connectivity index (χ3v) is 3.26. The molecule has 0 spiro atoms. The molecule has 0 saturated carbocycles. The van der Waals surface area contributed by atoms with Gasteiger partial charge in [0.1, 0.15) is 0 Å². The van der Waals surface area contributed by atoms with Crippen LogP contribution in [0.1, 0.15) is 5.56 Å². The molecule has 3 N–H and O–H groups in total. The summed E-state index contributed by atoms with van der Waals surface area (Å²) in [5, 5.41) is 4.07. The molecular weight excluding hydrogens is 300 g/mol. The van der Waals surface area contributed by atoms with E-state index in [0.29, 0.717) is 0 Å². The van der Waals surface area contributed by atoms with Crippen molar-refractivity contribution >= 4 is 38.9 Å². The molecule has 2 aromatic carbocycles. The van der Waals surface area contributed by atoms with E-state index in [1.807, 2.05) is 42.5 Å². The highest BCUT2D eigenvalue weighted by Gasteiger charge is 2.00. The number of benzene rings is 2. The maximum Gasteiger partial charge on any atom is 0.0488 e. The first-order valence-electron chi connectivity index (χ1n) is 5.18. The fraction of sp³-hybridized carbons (Fsp3) is 0.0769. The molecule has 0 unspecified atom stereocenters. The van der Waals surface area contributed by atoms with Crippen molar-refractivity contribution in [2.24, 2.45) is 0 Å². The summed E-state index contributed by atoms with van der Waals surface area (Å²) in [4.78, 5) is 0. The summed E-state index contributed by atoms with van der Waals surface area (Å²) in [5.41, 5.74) is 8.57. The van der Waals surface area contributed by atoms with E-state index in [2.05, 4.69) is 21.2 Å². The topological polar surface area (TPSA) is 38.0 Å². The zero-order valence-corrected chi connectivity index (χ0v) is 11.4. The predicted molar refractivity (Wildman–Crippen MR) is 77.3 cm³/mol. The molecule has 2 aromatic rings. The zero-order valence-electron chi connectivity index (χ0n) is 9.08. The predicted octanol–water partition coefficient (Wildman–Crippen LogP) is 4.30. The second kappa shape index (κ2) is 5.43. The largest absolute Gasteiger partial charge is 0.399 e. The molecule has 4 heteroatoms. The zero-order chi connectivity index (χ0) is 12.3. The summed E-state index contributed by atoms with van der Waals surface area (Å²) in [7, 11) is 0. The third kappa shape index (κ3) is 3.38. The van der Waals surface area contributed by atoms with Crippen molar-refractivity contribution in [1.29, 1.82) is 0 Å². The van der Waals surface area contributed by atoms with E-state index in [0.717, 1.165) is 33.0 Å². The number of halogens is 2. The first-order valence-corrected chi connectivity index (χ1v) is 6.35. The van der Waals surface area contributed by atoms with E-state index in [4.69, 9.17) is 17.3 Å². The van der Waals surface area contributed by atoms with Gasteiger partial charge in [-0.05, 0) is 51.8 Å². The molecule has 17 heavy (non-hydrogen) atoms. The van der Waals surface area contributed by atoms with Gasteiger partial charge in [-0.3, -0.25) is 0 Å². The normalized spacial score (nSPS) is 10.2. The number of nitrogens with one attached hydrogen (secondary N) is 1. The Morgan fingerprint density at radius 2 is 2.00 bits per heavy atom. The molecule has 0 aliphatic rings. The summed E-state index contributed by atoms with van der Waals surface area (Å²) >= 11 is 9.39. The molecule has 0 aromatic heterocycles. The molecule has 2 rings (SSSR count). The van der Waals surface area contributed by atoms with Crippen molar-refractivity contribution in [3.05, 3.63) is 57.5 Å². The van der Waals surface area contributed by atoms with Crippen LogP contribution in [0.5, 0.6) is 0 Å². The lowest BCUT2D eigenvalue weighted by atomic mass is 10.2. The van der Waals surface area contributed by atoms with Crippen LogP contribution >= 0.6 is 27.5 Å². The molecule has 0 bridgehead atoms. The molecule has 0 aliphatic heterocycles. The van der Waals surface area contributed by atoms with E-state index in [1.165, 1.54) is 0 Å². The van der Waals surface area contributed by atoms with E-state index < -0.39 is 0 Å². The van der Waals surface area contributed by atoms with Gasteiger partial charge in [0.05, 0.1) is 0 Å². The first-order chi connectivity index (χ1) is 8.15. The second-order valence-electron chi connectivity index (χ2n) is 3.72. The molecule has 0 amide bonds. The molecular formula is C13H12BrClN2. The van der Waals surface area contributed by atoms with Gasteiger partial charge in [0.15, 0.2) is 0 Å². The van der Waals surface area contributed by atoms with Crippen LogP contribution in [0, 0.1) is 0 Å². The van der Waals surface area contributed by atoms with Gasteiger partial charge >= 0.3 is 0 Å². The minimum Gasteiger partial charge on any atom is -0.399 e. The maximum absolute atomic E-state index is 5.93. The molecule has 0 aliphatic carbocycles. The van der Waals surface area contributed by atoms with Crippen molar-refractivity contribution in [3.8, 4) is 0 Å². The number of nitrogens with two attached hydrogens (primary N) is 1. The lowest BCUT2D eigenvalue weighted by Crippen LogP contribution is -2.00. The Kier molecular flexibility index (Phi) is 3.92. The maximum atomic E-state index is 5.93. The summed E-state index contributed by atoms with van der Waals surface area (Å²) in [5.74, 6) is 0. The Labute approximate surface area is 114 Å². The Hall–Kier alpha value is -1.19. The number of hydrogen-bond acceptors (Lipinski definition) is 2. The van der Waals surface area contributed by atoms with Gasteiger partial charge in [0.25, 0.3) is 0 Å². The monoisotopic (exact) mass is 310 g/mol. The number of anilines is 2. The molecule has 0 atom stereocenters. The van der Waals surface area contributed by atoms with Crippen LogP contribution in [-0.4, -0.2) is 0 Å². The summed E-state index contributed by atoms with van der Waals surface area (Å²) < 4.78 is 0.958. The van der Waals surface area contributed by atoms with Crippen LogP contribution in [0.25, 0.3) is 0 Å². The van der Waals surface area contributed by atoms with Crippen LogP contribution in [0.3, 0.4) is 0 Å². The standard InChI is InChI=1S/C13H12BrClN2/c14-12-7-11(16)4-5-13(12)17-8-9-2-1-3-10(15)6-9/h1-7,17H,8,16H2. The second-order valence-corrected chi connectivity index (χ2v) is 5.01. The summed E-state index contributed by atoms with van der Waals surface area (Å²) in [6, 6.07) is 13.5. The Bertz CT molecular complexity index is 529. The van der Waals surface area contributed by atoms with Crippen LogP contribution in [0.15, 0.2) is 46.9 Å². The average molecular weight is 312 g/mol. The number of nitrogen functional groups attached to an aromatic ring is 1. The average Bonchev–Trinajstić information content (AvgIpc) is 2.28. The Morgan fingerprint density at radius 1 is 1.18 bits per heavy atom. The van der Waals surface area contributed by atoms with Crippen molar-refractivity contribution in [1.82, 2.24) is 0 Å². The van der Waals surface area contributed by atoms with Gasteiger partial charge in [0, 0.05) is 27.4 Å². The van der Waals surface area contributed by atoms with Crippen LogP contribution < -0.4 is 11.1 Å². The Balaban J connectivity index is 2.07. The fourth-order valence-corrected chi connectivity index (χ4v) is 2.27. The van der Waals surface area contributed by atoms with Crippen molar-refractivity contribution in [2.45, 2.75) is 6.54 Å². The van der Waals surface area contributed by atoms with Gasteiger partial charge in [-0.25, -0.2) is 0 Å². The van der Waals surface area contributed by atoms with Crippen molar-refractivity contribution in [2.75, 3.05) is 11.1 Å². The molecule has 0 fully saturated rings. The minimum absolute atomic E-state index is 0.725. The van der Waals surface area contributed by atoms with Crippen molar-refractivity contribution in [3.63, 3.8) is 0 Å². The first kappa shape index (κ1) is 12.3. The highest BCUT2D eigenvalue weighted by Crippen LogP contribution is 2.25. The third-order valence-electron chi connectivity index (χ3n) is 2.37. The van der Waals surface area contributed by atoms with Crippen LogP contribution in [0.4, 0.5) is 11.4 Å². The van der Waals surface area contributed by atoms with Crippen LogP contribution in [0.2, 0.25) is 5.02 Å². The van der Waals surface area contributed by atoms with Gasteiger partial charge in [-0.15, -0.1) is 0 Å². The van der Waals surface area contributed by atoms with Crippen LogP contribution in [-0.2, 0) is 6.54 Å². The molecule has 88 valence electrons. The summed E-state index contributed by atoms with van der Waals surface area (Å²) in [6.07, 6.45) is 0. The van der Waals surface area contributed by atoms with E-state index >= 15 is 0 Å². The van der Waals surface area contributed by atoms with Gasteiger partial charge < -0.3 is 11.1 Å². The highest BCUT2D eigenvalue weighted by molar-refractivity contribution is 9.10. The Morgan fingerprint density at radius 3 is 2.71 bits per heavy atom. The van der Waals surface area contributed by atoms with Crippen molar-refractivity contribution < 1.29 is 0 Å². The molecule has 0 heterocycles. The van der Waals surface area contributed by atoms with Gasteiger partial charge in [0.2, 0.25) is 0 Å². The lowest BCUT2D eigenvalue weighted by molar-refractivity contribution is 1.15. The molecule has 0 radical (unpaired) electrons. The van der Waals surface area contributed by atoms with Gasteiger partial charge in [-0.2, -0.15) is 0 Å². The lowest BCUT2D eigenvalue weighted by Gasteiger charge is -2.09. The van der Waals surface area contributed by atoms with E-state index in [1.54, 1.807) is 0 Å². The number of rotatable bonds is 3. The SMILES string of the molecule is Nc1ccc(NCc2cccc(Cl)c2)c(Br)c1. The van der Waals surface area contributed by atoms with E-state index in [-0.39, 0.29) is 0 Å². The number of hydrogen-bond donors (Lipinski definition) is 2. The van der Waals surface area contributed by atoms with Gasteiger partial charge in [-0.1, -0.05) is 23.7 Å². The molecule has 0 saturated heterocycles. The highest BCUT2D eigenvalue weighted by atomic mass is 79.9. The smallest absolute Gasteiger partial charge is 0.0488 e. The fourth-order valence-electron chi connectivity index (χ4n) is 1.52. The summed E-state index contributed by atoms with van der Waals surface area (Å²) in [6.45, 7) is 0.725. The van der Waals surface area contributed by atoms with E-state index in [9.17, 15) is 0 Å². The quantitative estimate of drug-likeness (QED) is 0.830. The molecule has 2 nitrogen and oxygen atoms in total. The minimum atomic E-state index is 0.725.